The maximum atomic E-state index is 14.0. The molecule has 0 heterocycles. The van der Waals surface area contributed by atoms with Crippen LogP contribution in [-0.4, -0.2) is 31.9 Å². The summed E-state index contributed by atoms with van der Waals surface area (Å²) in [5, 5.41) is 0. The van der Waals surface area contributed by atoms with Gasteiger partial charge in [0.2, 0.25) is 0 Å². The van der Waals surface area contributed by atoms with Crippen LogP contribution in [0.3, 0.4) is 0 Å². The van der Waals surface area contributed by atoms with Gasteiger partial charge in [0.25, 0.3) is 0 Å². The summed E-state index contributed by atoms with van der Waals surface area (Å²) in [5.74, 6) is 0.663. The second-order valence-electron chi connectivity index (χ2n) is 11.2. The van der Waals surface area contributed by atoms with Crippen LogP contribution in [-0.2, 0) is 36.9 Å². The van der Waals surface area contributed by atoms with Crippen LogP contribution in [0.15, 0.2) is 48.5 Å². The van der Waals surface area contributed by atoms with Crippen molar-refractivity contribution < 1.29 is 28.6 Å². The summed E-state index contributed by atoms with van der Waals surface area (Å²) in [6.45, 7) is 2.57. The first-order chi connectivity index (χ1) is 17.8. The summed E-state index contributed by atoms with van der Waals surface area (Å²) < 4.78 is 16.1. The predicted molar refractivity (Wildman–Crippen MR) is 138 cm³/mol. The fourth-order valence-electron chi connectivity index (χ4n) is 7.49. The summed E-state index contributed by atoms with van der Waals surface area (Å²) in [7, 11) is 2.66. The van der Waals surface area contributed by atoms with E-state index in [1.807, 2.05) is 25.1 Å². The zero-order chi connectivity index (χ0) is 26.2. The fourth-order valence-corrected chi connectivity index (χ4v) is 7.49. The highest BCUT2D eigenvalue weighted by Crippen LogP contribution is 2.64. The van der Waals surface area contributed by atoms with Crippen molar-refractivity contribution >= 4 is 17.7 Å². The molecule has 0 radical (unpaired) electrons. The molecule has 0 saturated heterocycles. The first-order valence-corrected chi connectivity index (χ1v) is 13.3. The molecule has 196 valence electrons. The van der Waals surface area contributed by atoms with Crippen molar-refractivity contribution in [3.8, 4) is 5.75 Å². The van der Waals surface area contributed by atoms with E-state index in [4.69, 9.17) is 14.2 Å². The maximum absolute atomic E-state index is 14.0. The Morgan fingerprint density at radius 2 is 1.81 bits per heavy atom. The highest BCUT2D eigenvalue weighted by Gasteiger charge is 2.66. The Balaban J connectivity index is 1.38. The summed E-state index contributed by atoms with van der Waals surface area (Å²) in [6.07, 6.45) is 4.17. The quantitative estimate of drug-likeness (QED) is 0.370. The minimum absolute atomic E-state index is 0.0306. The lowest BCUT2D eigenvalue weighted by Crippen LogP contribution is -2.45. The number of carbonyl (C=O) groups is 3. The van der Waals surface area contributed by atoms with Gasteiger partial charge in [-0.05, 0) is 85.1 Å². The first kappa shape index (κ1) is 25.5. The van der Waals surface area contributed by atoms with Gasteiger partial charge in [0.15, 0.2) is 5.78 Å². The highest BCUT2D eigenvalue weighted by molar-refractivity contribution is 6.08. The average molecular weight is 505 g/mol. The lowest BCUT2D eigenvalue weighted by Gasteiger charge is -2.48. The van der Waals surface area contributed by atoms with Crippen LogP contribution in [0, 0.1) is 22.7 Å². The number of ketones is 1. The van der Waals surface area contributed by atoms with Gasteiger partial charge in [0, 0.05) is 11.8 Å². The lowest BCUT2D eigenvalue weighted by molar-refractivity contribution is -0.159. The normalized spacial score (nSPS) is 30.0. The summed E-state index contributed by atoms with van der Waals surface area (Å²) in [5.41, 5.74) is 1.96. The SMILES string of the molecule is COC(=O)CCC1(C(=O)OC)C[C@H]2[C@@H]3CCc4cc(OCc5ccccc5)ccc4[C@H]3CC[C@]2(C)C1=O. The number of hydrogen-bond acceptors (Lipinski definition) is 6. The Kier molecular flexibility index (Phi) is 6.86. The van der Waals surface area contributed by atoms with Crippen LogP contribution in [0.2, 0.25) is 0 Å². The standard InChI is InChI=1S/C31H36O6/c1-30-15-13-24-23-12-10-22(37-19-20-7-5-4-6-8-20)17-21(23)9-11-25(24)26(30)18-31(28(30)33,29(34)36-3)16-14-27(32)35-2/h4-8,10,12,17,24-26H,9,11,13-16,18-19H2,1-3H3/t24-,25-,26+,30+,31?/m1/s1. The summed E-state index contributed by atoms with van der Waals surface area (Å²) in [4.78, 5) is 39.0. The van der Waals surface area contributed by atoms with Crippen molar-refractivity contribution in [1.29, 1.82) is 0 Å². The van der Waals surface area contributed by atoms with E-state index in [9.17, 15) is 14.4 Å². The van der Waals surface area contributed by atoms with E-state index in [-0.39, 0.29) is 24.5 Å². The summed E-state index contributed by atoms with van der Waals surface area (Å²) in [6, 6.07) is 16.6. The number of fused-ring (bicyclic) bond motifs is 5. The van der Waals surface area contributed by atoms with Gasteiger partial charge in [-0.2, -0.15) is 0 Å². The topological polar surface area (TPSA) is 78.9 Å². The average Bonchev–Trinajstić information content (AvgIpc) is 3.17. The minimum Gasteiger partial charge on any atom is -0.489 e. The van der Waals surface area contributed by atoms with Crippen LogP contribution < -0.4 is 4.74 Å². The fraction of sp³-hybridized carbons (Fsp3) is 0.516. The number of aryl methyl sites for hydroxylation is 1. The molecule has 2 aromatic carbocycles. The molecule has 3 aliphatic rings. The van der Waals surface area contributed by atoms with Gasteiger partial charge in [-0.3, -0.25) is 14.4 Å². The van der Waals surface area contributed by atoms with Crippen LogP contribution in [0.1, 0.15) is 68.1 Å². The van der Waals surface area contributed by atoms with Gasteiger partial charge in [0.05, 0.1) is 14.2 Å². The third-order valence-electron chi connectivity index (χ3n) is 9.42. The van der Waals surface area contributed by atoms with E-state index in [0.717, 1.165) is 37.0 Å². The number of ether oxygens (including phenoxy) is 3. The van der Waals surface area contributed by atoms with Crippen molar-refractivity contribution in [2.24, 2.45) is 22.7 Å². The number of rotatable bonds is 7. The Morgan fingerprint density at radius 1 is 1.03 bits per heavy atom. The third-order valence-corrected chi connectivity index (χ3v) is 9.42. The van der Waals surface area contributed by atoms with E-state index < -0.39 is 22.8 Å². The largest absolute Gasteiger partial charge is 0.489 e. The van der Waals surface area contributed by atoms with Crippen LogP contribution >= 0.6 is 0 Å². The molecule has 0 amide bonds. The molecule has 0 bridgehead atoms. The Morgan fingerprint density at radius 3 is 2.54 bits per heavy atom. The molecule has 2 aromatic rings. The molecule has 0 aromatic heterocycles. The lowest BCUT2D eigenvalue weighted by atomic mass is 9.55. The number of benzene rings is 2. The molecular weight excluding hydrogens is 468 g/mol. The third kappa shape index (κ3) is 4.34. The zero-order valence-electron chi connectivity index (χ0n) is 22.0. The predicted octanol–water partition coefficient (Wildman–Crippen LogP) is 5.41. The van der Waals surface area contributed by atoms with Gasteiger partial charge >= 0.3 is 11.9 Å². The smallest absolute Gasteiger partial charge is 0.319 e. The maximum Gasteiger partial charge on any atom is 0.319 e. The number of esters is 2. The molecule has 37 heavy (non-hydrogen) atoms. The van der Waals surface area contributed by atoms with Crippen molar-refractivity contribution in [1.82, 2.24) is 0 Å². The molecule has 2 fully saturated rings. The van der Waals surface area contributed by atoms with Gasteiger partial charge in [-0.15, -0.1) is 0 Å². The molecule has 5 atom stereocenters. The van der Waals surface area contributed by atoms with Crippen LogP contribution in [0.5, 0.6) is 5.75 Å². The molecule has 5 rings (SSSR count). The molecular formula is C31H36O6. The van der Waals surface area contributed by atoms with Crippen LogP contribution in [0.4, 0.5) is 0 Å². The van der Waals surface area contributed by atoms with E-state index in [1.54, 1.807) is 0 Å². The Labute approximate surface area is 218 Å². The second-order valence-corrected chi connectivity index (χ2v) is 11.2. The number of hydrogen-bond donors (Lipinski definition) is 0. The highest BCUT2D eigenvalue weighted by atomic mass is 16.5. The molecule has 6 nitrogen and oxygen atoms in total. The second kappa shape index (κ2) is 9.96. The van der Waals surface area contributed by atoms with Crippen LogP contribution in [0.25, 0.3) is 0 Å². The van der Waals surface area contributed by atoms with Crippen molar-refractivity contribution in [2.75, 3.05) is 14.2 Å². The molecule has 0 N–H and O–H groups in total. The van der Waals surface area contributed by atoms with Gasteiger partial charge in [0.1, 0.15) is 17.8 Å². The molecule has 1 unspecified atom stereocenters. The molecule has 2 saturated carbocycles. The Hall–Kier alpha value is -3.15. The molecule has 6 heteroatoms. The molecule has 3 aliphatic carbocycles. The Bertz CT molecular complexity index is 1190. The summed E-state index contributed by atoms with van der Waals surface area (Å²) >= 11 is 0. The number of methoxy groups -OCH3 is 2. The van der Waals surface area contributed by atoms with Crippen molar-refractivity contribution in [2.45, 2.75) is 64.4 Å². The molecule has 0 spiro atoms. The monoisotopic (exact) mass is 504 g/mol. The number of Topliss-reactive ketones (excluding diaryl/α,β-unsaturated/α-hetero) is 1. The molecule has 0 aliphatic heterocycles. The van der Waals surface area contributed by atoms with Gasteiger partial charge < -0.3 is 14.2 Å². The van der Waals surface area contributed by atoms with E-state index >= 15 is 0 Å². The van der Waals surface area contributed by atoms with E-state index in [2.05, 4.69) is 30.3 Å². The minimum atomic E-state index is -1.27. The van der Waals surface area contributed by atoms with Crippen molar-refractivity contribution in [3.05, 3.63) is 65.2 Å². The van der Waals surface area contributed by atoms with E-state index in [0.29, 0.717) is 24.9 Å². The van der Waals surface area contributed by atoms with E-state index in [1.165, 1.54) is 25.3 Å². The van der Waals surface area contributed by atoms with Gasteiger partial charge in [-0.25, -0.2) is 0 Å². The first-order valence-electron chi connectivity index (χ1n) is 13.3. The zero-order valence-corrected chi connectivity index (χ0v) is 22.0. The van der Waals surface area contributed by atoms with Gasteiger partial charge in [-0.1, -0.05) is 43.3 Å². The van der Waals surface area contributed by atoms with Crippen molar-refractivity contribution in [3.63, 3.8) is 0 Å². The number of carbonyl (C=O) groups excluding carboxylic acids is 3.